The quantitative estimate of drug-likeness (QED) is 0.662. The van der Waals surface area contributed by atoms with E-state index in [4.69, 9.17) is 4.74 Å². The summed E-state index contributed by atoms with van der Waals surface area (Å²) in [5, 5.41) is 16.1. The molecule has 2 bridgehead atoms. The molecule has 2 saturated heterocycles. The molecule has 5 rings (SSSR count). The Kier molecular flexibility index (Phi) is 4.34. The van der Waals surface area contributed by atoms with Gasteiger partial charge in [-0.1, -0.05) is 0 Å². The zero-order chi connectivity index (χ0) is 24.1. The van der Waals surface area contributed by atoms with Gasteiger partial charge in [0.05, 0.1) is 29.3 Å². The number of ether oxygens (including phenoxy) is 1. The average Bonchev–Trinajstić information content (AvgIpc) is 2.92. The summed E-state index contributed by atoms with van der Waals surface area (Å²) in [6.45, 7) is 0. The Morgan fingerprint density at radius 3 is 2.58 bits per heavy atom. The van der Waals surface area contributed by atoms with Crippen LogP contribution in [0.15, 0.2) is 24.4 Å². The lowest BCUT2D eigenvalue weighted by molar-refractivity contribution is -0.143. The maximum atomic E-state index is 13.7. The Morgan fingerprint density at radius 1 is 1.24 bits per heavy atom. The third-order valence-electron chi connectivity index (χ3n) is 6.89. The van der Waals surface area contributed by atoms with Gasteiger partial charge in [0.15, 0.2) is 5.69 Å². The van der Waals surface area contributed by atoms with Crippen molar-refractivity contribution in [2.45, 2.75) is 48.9 Å². The van der Waals surface area contributed by atoms with E-state index in [1.54, 1.807) is 0 Å². The van der Waals surface area contributed by atoms with Gasteiger partial charge in [0, 0.05) is 36.3 Å². The van der Waals surface area contributed by atoms with Crippen LogP contribution in [0.25, 0.3) is 0 Å². The molecule has 178 valence electrons. The van der Waals surface area contributed by atoms with E-state index in [-0.39, 0.29) is 24.1 Å². The van der Waals surface area contributed by atoms with Gasteiger partial charge in [-0.05, 0) is 24.6 Å². The number of nitrogens with one attached hydrogen (secondary N) is 1. The van der Waals surface area contributed by atoms with Gasteiger partial charge >= 0.3 is 12.4 Å². The third-order valence-corrected chi connectivity index (χ3v) is 6.89. The van der Waals surface area contributed by atoms with E-state index < -0.39 is 64.5 Å². The van der Waals surface area contributed by atoms with Gasteiger partial charge in [0.1, 0.15) is 5.82 Å². The summed E-state index contributed by atoms with van der Waals surface area (Å²) in [4.78, 5) is 13.3. The first-order chi connectivity index (χ1) is 15.2. The van der Waals surface area contributed by atoms with E-state index in [0.29, 0.717) is 12.1 Å². The van der Waals surface area contributed by atoms with Crippen molar-refractivity contribution in [3.63, 3.8) is 0 Å². The standard InChI is InChI=1S/C20H16F7N3O3/c1-30-6-10(14(29-30)20(25,26)27)17-7-18(17,13-5-12(31)15(17)33-13)16(32)28-8-2-3-11(21)9(4-8)19(22,23)24/h2-4,6,12-13,15,31H,5,7H2,1H3,(H,28,32). The normalized spacial score (nSPS) is 32.7. The number of halogens is 7. The highest BCUT2D eigenvalue weighted by Gasteiger charge is 2.88. The molecule has 2 aromatic rings. The molecule has 1 aliphatic carbocycles. The lowest BCUT2D eigenvalue weighted by Gasteiger charge is -2.29. The molecule has 1 aromatic heterocycles. The van der Waals surface area contributed by atoms with Gasteiger partial charge in [0.25, 0.3) is 0 Å². The van der Waals surface area contributed by atoms with E-state index in [1.807, 2.05) is 0 Å². The molecular weight excluding hydrogens is 463 g/mol. The molecule has 3 heterocycles. The monoisotopic (exact) mass is 479 g/mol. The summed E-state index contributed by atoms with van der Waals surface area (Å²) in [6.07, 6.45) is -12.0. The fraction of sp³-hybridized carbons (Fsp3) is 0.500. The number of aryl methyl sites for hydroxylation is 1. The second kappa shape index (κ2) is 6.47. The Balaban J connectivity index is 1.55. The summed E-state index contributed by atoms with van der Waals surface area (Å²) in [6, 6.07) is 1.89. The Bertz CT molecular complexity index is 1160. The minimum Gasteiger partial charge on any atom is -0.390 e. The zero-order valence-corrected chi connectivity index (χ0v) is 16.8. The summed E-state index contributed by atoms with van der Waals surface area (Å²) in [7, 11) is 1.28. The molecular formula is C20H16F7N3O3. The number of aromatic nitrogens is 2. The summed E-state index contributed by atoms with van der Waals surface area (Å²) < 4.78 is 100. The number of aliphatic hydroxyl groups is 1. The number of amides is 1. The van der Waals surface area contributed by atoms with E-state index in [9.17, 15) is 40.6 Å². The topological polar surface area (TPSA) is 76.4 Å². The van der Waals surface area contributed by atoms with Crippen LogP contribution < -0.4 is 5.32 Å². The number of alkyl halides is 6. The van der Waals surface area contributed by atoms with Gasteiger partial charge in [0.2, 0.25) is 5.91 Å². The molecule has 33 heavy (non-hydrogen) atoms. The first-order valence-corrected chi connectivity index (χ1v) is 9.85. The van der Waals surface area contributed by atoms with Gasteiger partial charge < -0.3 is 15.2 Å². The largest absolute Gasteiger partial charge is 0.435 e. The van der Waals surface area contributed by atoms with Crippen molar-refractivity contribution in [1.82, 2.24) is 9.78 Å². The molecule has 3 fully saturated rings. The Morgan fingerprint density at radius 2 is 1.94 bits per heavy atom. The van der Waals surface area contributed by atoms with Gasteiger partial charge in [-0.25, -0.2) is 4.39 Å². The van der Waals surface area contributed by atoms with E-state index in [0.717, 1.165) is 16.9 Å². The number of hydrogen-bond donors (Lipinski definition) is 2. The van der Waals surface area contributed by atoms with Crippen LogP contribution in [0, 0.1) is 11.2 Å². The van der Waals surface area contributed by atoms with Crippen LogP contribution in [0.5, 0.6) is 0 Å². The summed E-state index contributed by atoms with van der Waals surface area (Å²) in [5.74, 6) is -2.39. The number of fused-ring (bicyclic) bond motifs is 5. The van der Waals surface area contributed by atoms with Crippen molar-refractivity contribution >= 4 is 11.6 Å². The fourth-order valence-corrected chi connectivity index (χ4v) is 5.58. The molecule has 0 radical (unpaired) electrons. The van der Waals surface area contributed by atoms with Crippen molar-refractivity contribution in [3.8, 4) is 0 Å². The maximum absolute atomic E-state index is 13.7. The molecule has 1 aromatic carbocycles. The SMILES string of the molecule is Cn1cc(C23CC2(C(=O)Nc2ccc(F)c(C(F)(F)F)c2)C2CC(O)C3O2)c(C(F)(F)F)n1. The zero-order valence-electron chi connectivity index (χ0n) is 16.8. The number of benzene rings is 1. The van der Waals surface area contributed by atoms with Crippen LogP contribution >= 0.6 is 0 Å². The van der Waals surface area contributed by atoms with Crippen LogP contribution in [0.2, 0.25) is 0 Å². The van der Waals surface area contributed by atoms with Crippen LogP contribution in [-0.2, 0) is 34.3 Å². The van der Waals surface area contributed by atoms with Gasteiger partial charge in [-0.15, -0.1) is 0 Å². The van der Waals surface area contributed by atoms with Gasteiger partial charge in [-0.3, -0.25) is 9.48 Å². The minimum absolute atomic E-state index is 0.0152. The third kappa shape index (κ3) is 2.87. The second-order valence-corrected chi connectivity index (χ2v) is 8.68. The number of rotatable bonds is 3. The molecule has 1 saturated carbocycles. The highest BCUT2D eigenvalue weighted by Crippen LogP contribution is 2.78. The number of aliphatic hydroxyl groups excluding tert-OH is 1. The highest BCUT2D eigenvalue weighted by molar-refractivity contribution is 6.01. The second-order valence-electron chi connectivity index (χ2n) is 8.68. The first-order valence-electron chi connectivity index (χ1n) is 9.85. The maximum Gasteiger partial charge on any atom is 0.435 e. The van der Waals surface area contributed by atoms with E-state index >= 15 is 0 Å². The van der Waals surface area contributed by atoms with Crippen molar-refractivity contribution in [3.05, 3.63) is 47.0 Å². The molecule has 6 nitrogen and oxygen atoms in total. The molecule has 0 spiro atoms. The molecule has 13 heteroatoms. The van der Waals surface area contributed by atoms with Gasteiger partial charge in [-0.2, -0.15) is 31.4 Å². The number of carbonyl (C=O) groups is 1. The predicted molar refractivity (Wildman–Crippen MR) is 96.3 cm³/mol. The van der Waals surface area contributed by atoms with Crippen molar-refractivity contribution < 1.29 is 45.4 Å². The predicted octanol–water partition coefficient (Wildman–Crippen LogP) is 3.40. The first kappa shape index (κ1) is 22.1. The number of hydrogen-bond acceptors (Lipinski definition) is 4. The van der Waals surface area contributed by atoms with Crippen molar-refractivity contribution in [2.75, 3.05) is 5.32 Å². The minimum atomic E-state index is -5.01. The van der Waals surface area contributed by atoms with E-state index in [1.165, 1.54) is 7.05 Å². The summed E-state index contributed by atoms with van der Waals surface area (Å²) in [5.41, 5.74) is -6.59. The number of nitrogens with zero attached hydrogens (tertiary/aromatic N) is 2. The Labute approximate surface area is 181 Å². The molecule has 3 aliphatic rings. The van der Waals surface area contributed by atoms with E-state index in [2.05, 4.69) is 10.4 Å². The lowest BCUT2D eigenvalue weighted by Crippen LogP contribution is -2.45. The smallest absolute Gasteiger partial charge is 0.390 e. The van der Waals surface area contributed by atoms with Crippen molar-refractivity contribution in [2.24, 2.45) is 12.5 Å². The molecule has 5 atom stereocenters. The van der Waals surface area contributed by atoms with Crippen LogP contribution in [-0.4, -0.2) is 39.1 Å². The molecule has 5 unspecified atom stereocenters. The molecule has 2 N–H and O–H groups in total. The number of anilines is 1. The Hall–Kier alpha value is -2.67. The van der Waals surface area contributed by atoms with Crippen LogP contribution in [0.1, 0.15) is 29.7 Å². The highest BCUT2D eigenvalue weighted by atomic mass is 19.4. The van der Waals surface area contributed by atoms with Crippen LogP contribution in [0.3, 0.4) is 0 Å². The summed E-state index contributed by atoms with van der Waals surface area (Å²) >= 11 is 0. The fourth-order valence-electron chi connectivity index (χ4n) is 5.58. The average molecular weight is 479 g/mol. The number of carbonyl (C=O) groups excluding carboxylic acids is 1. The molecule has 2 aliphatic heterocycles. The van der Waals surface area contributed by atoms with Crippen molar-refractivity contribution in [1.29, 1.82) is 0 Å². The lowest BCUT2D eigenvalue weighted by atomic mass is 9.73. The molecule has 1 amide bonds. The van der Waals surface area contributed by atoms with Crippen LogP contribution in [0.4, 0.5) is 36.4 Å².